The van der Waals surface area contributed by atoms with E-state index in [0.29, 0.717) is 5.56 Å². The van der Waals surface area contributed by atoms with E-state index in [0.717, 1.165) is 10.6 Å². The largest absolute Gasteiger partial charge is 0.301 e. The molecule has 90 valence electrons. The highest BCUT2D eigenvalue weighted by Gasteiger charge is 2.17. The van der Waals surface area contributed by atoms with Crippen LogP contribution in [0.4, 0.5) is 5.00 Å². The molecule has 2 aromatic heterocycles. The van der Waals surface area contributed by atoms with E-state index in [-0.39, 0.29) is 11.6 Å². The van der Waals surface area contributed by atoms with Crippen molar-refractivity contribution in [1.82, 2.24) is 4.98 Å². The van der Waals surface area contributed by atoms with Crippen LogP contribution in [0.1, 0.15) is 21.6 Å². The van der Waals surface area contributed by atoms with Gasteiger partial charge in [-0.05, 0) is 36.1 Å². The number of carbonyl (C=O) groups is 1. The Labute approximate surface area is 109 Å². The lowest BCUT2D eigenvalue weighted by Gasteiger charge is -2.15. The van der Waals surface area contributed by atoms with Crippen molar-refractivity contribution in [1.29, 1.82) is 5.26 Å². The van der Waals surface area contributed by atoms with Crippen molar-refractivity contribution in [2.24, 2.45) is 0 Å². The van der Waals surface area contributed by atoms with Gasteiger partial charge in [-0.25, -0.2) is 0 Å². The van der Waals surface area contributed by atoms with Crippen molar-refractivity contribution in [3.8, 4) is 6.07 Å². The van der Waals surface area contributed by atoms with Crippen LogP contribution in [0.2, 0.25) is 0 Å². The normalized spacial score (nSPS) is 9.83. The lowest BCUT2D eigenvalue weighted by atomic mass is 10.2. The number of aromatic nitrogens is 1. The molecule has 0 aromatic carbocycles. The molecule has 2 heterocycles. The van der Waals surface area contributed by atoms with Crippen molar-refractivity contribution in [3.05, 3.63) is 46.6 Å². The van der Waals surface area contributed by atoms with Gasteiger partial charge < -0.3 is 4.90 Å². The van der Waals surface area contributed by atoms with Crippen molar-refractivity contribution >= 4 is 22.2 Å². The summed E-state index contributed by atoms with van der Waals surface area (Å²) in [6.07, 6.45) is 1.47. The molecule has 18 heavy (non-hydrogen) atoms. The predicted octanol–water partition coefficient (Wildman–Crippen LogP) is 2.60. The van der Waals surface area contributed by atoms with Gasteiger partial charge >= 0.3 is 0 Å². The van der Waals surface area contributed by atoms with Crippen molar-refractivity contribution in [2.45, 2.75) is 6.92 Å². The van der Waals surface area contributed by atoms with Crippen LogP contribution in [0.3, 0.4) is 0 Å². The highest BCUT2D eigenvalue weighted by Crippen LogP contribution is 2.26. The molecule has 0 aliphatic rings. The summed E-state index contributed by atoms with van der Waals surface area (Å²) in [5.74, 6) is -0.211. The van der Waals surface area contributed by atoms with Gasteiger partial charge in [0.05, 0.1) is 11.6 Å². The van der Waals surface area contributed by atoms with Gasteiger partial charge in [-0.1, -0.05) is 0 Å². The minimum absolute atomic E-state index is 0.211. The molecule has 2 aromatic rings. The van der Waals surface area contributed by atoms with Crippen LogP contribution in [0.15, 0.2) is 29.8 Å². The van der Waals surface area contributed by atoms with E-state index < -0.39 is 0 Å². The molecular formula is C13H11N3OS. The number of anilines is 1. The molecule has 1 amide bonds. The first kappa shape index (κ1) is 12.3. The maximum Gasteiger partial charge on any atom is 0.277 e. The van der Waals surface area contributed by atoms with Gasteiger partial charge in [0, 0.05) is 13.2 Å². The third-order valence-corrected chi connectivity index (χ3v) is 3.64. The van der Waals surface area contributed by atoms with Crippen LogP contribution < -0.4 is 4.90 Å². The average molecular weight is 257 g/mol. The third kappa shape index (κ3) is 2.24. The Hall–Kier alpha value is -2.19. The van der Waals surface area contributed by atoms with Crippen molar-refractivity contribution < 1.29 is 4.79 Å². The number of nitrogens with zero attached hydrogens (tertiary/aromatic N) is 3. The standard InChI is InChI=1S/C13H11N3OS/c1-9-4-6-18-13(9)16(2)12(17)11-7-10(8-14)3-5-15-11/h3-7H,1-2H3. The molecule has 0 fully saturated rings. The van der Waals surface area contributed by atoms with Gasteiger partial charge in [0.1, 0.15) is 10.7 Å². The maximum atomic E-state index is 12.2. The Balaban J connectivity index is 2.32. The SMILES string of the molecule is Cc1ccsc1N(C)C(=O)c1cc(C#N)ccn1. The Morgan fingerprint density at radius 2 is 2.28 bits per heavy atom. The molecule has 0 aliphatic heterocycles. The fraction of sp³-hybridized carbons (Fsp3) is 0.154. The quantitative estimate of drug-likeness (QED) is 0.831. The maximum absolute atomic E-state index is 12.2. The molecule has 0 saturated carbocycles. The first-order valence-electron chi connectivity index (χ1n) is 5.32. The summed E-state index contributed by atoms with van der Waals surface area (Å²) >= 11 is 1.50. The number of nitriles is 1. The van der Waals surface area contributed by atoms with Gasteiger partial charge in [-0.15, -0.1) is 11.3 Å². The average Bonchev–Trinajstić information content (AvgIpc) is 2.83. The van der Waals surface area contributed by atoms with Crippen LogP contribution in [-0.4, -0.2) is 17.9 Å². The molecule has 0 N–H and O–H groups in total. The number of aryl methyl sites for hydroxylation is 1. The summed E-state index contributed by atoms with van der Waals surface area (Å²) < 4.78 is 0. The van der Waals surface area contributed by atoms with Gasteiger partial charge in [0.15, 0.2) is 0 Å². The highest BCUT2D eigenvalue weighted by molar-refractivity contribution is 7.14. The van der Waals surface area contributed by atoms with E-state index in [4.69, 9.17) is 5.26 Å². The van der Waals surface area contributed by atoms with Gasteiger partial charge in [0.2, 0.25) is 0 Å². The van der Waals surface area contributed by atoms with Gasteiger partial charge in [-0.3, -0.25) is 9.78 Å². The summed E-state index contributed by atoms with van der Waals surface area (Å²) in [6.45, 7) is 1.95. The number of carbonyl (C=O) groups excluding carboxylic acids is 1. The topological polar surface area (TPSA) is 57.0 Å². The minimum Gasteiger partial charge on any atom is -0.301 e. The Bertz CT molecular complexity index is 627. The molecule has 5 heteroatoms. The fourth-order valence-corrected chi connectivity index (χ4v) is 2.49. The summed E-state index contributed by atoms with van der Waals surface area (Å²) in [6, 6.07) is 7.04. The molecule has 0 atom stereocenters. The Morgan fingerprint density at radius 1 is 1.50 bits per heavy atom. The van der Waals surface area contributed by atoms with E-state index in [1.54, 1.807) is 18.0 Å². The summed E-state index contributed by atoms with van der Waals surface area (Å²) in [4.78, 5) is 17.8. The zero-order valence-electron chi connectivity index (χ0n) is 10.0. The number of pyridine rings is 1. The summed E-state index contributed by atoms with van der Waals surface area (Å²) in [5, 5.41) is 11.6. The minimum atomic E-state index is -0.211. The van der Waals surface area contributed by atoms with E-state index in [2.05, 4.69) is 4.98 Å². The summed E-state index contributed by atoms with van der Waals surface area (Å²) in [7, 11) is 1.71. The molecule has 0 spiro atoms. The monoisotopic (exact) mass is 257 g/mol. The molecule has 2 rings (SSSR count). The lowest BCUT2D eigenvalue weighted by Crippen LogP contribution is -2.26. The van der Waals surface area contributed by atoms with Crippen molar-refractivity contribution in [2.75, 3.05) is 11.9 Å². The zero-order valence-corrected chi connectivity index (χ0v) is 10.9. The van der Waals surface area contributed by atoms with Crippen LogP contribution in [0, 0.1) is 18.3 Å². The van der Waals surface area contributed by atoms with Crippen LogP contribution in [0.5, 0.6) is 0 Å². The number of thiophene rings is 1. The zero-order chi connectivity index (χ0) is 13.1. The fourth-order valence-electron chi connectivity index (χ4n) is 1.59. The molecule has 0 bridgehead atoms. The van der Waals surface area contributed by atoms with Gasteiger partial charge in [-0.2, -0.15) is 5.26 Å². The first-order chi connectivity index (χ1) is 8.63. The predicted molar refractivity (Wildman–Crippen MR) is 70.7 cm³/mol. The van der Waals surface area contributed by atoms with E-state index in [9.17, 15) is 4.79 Å². The molecule has 0 saturated heterocycles. The molecule has 4 nitrogen and oxygen atoms in total. The van der Waals surface area contributed by atoms with Crippen molar-refractivity contribution in [3.63, 3.8) is 0 Å². The second-order valence-electron chi connectivity index (χ2n) is 3.81. The number of hydrogen-bond donors (Lipinski definition) is 0. The van der Waals surface area contributed by atoms with Crippen LogP contribution in [0.25, 0.3) is 0 Å². The third-order valence-electron chi connectivity index (χ3n) is 2.55. The second kappa shape index (κ2) is 4.98. The molecular weight excluding hydrogens is 246 g/mol. The van der Waals surface area contributed by atoms with E-state index in [1.165, 1.54) is 23.6 Å². The number of amides is 1. The van der Waals surface area contributed by atoms with Crippen LogP contribution >= 0.6 is 11.3 Å². The molecule has 0 aliphatic carbocycles. The van der Waals surface area contributed by atoms with Gasteiger partial charge in [0.25, 0.3) is 5.91 Å². The molecule has 0 radical (unpaired) electrons. The lowest BCUT2D eigenvalue weighted by molar-refractivity contribution is 0.0988. The smallest absolute Gasteiger partial charge is 0.277 e. The van der Waals surface area contributed by atoms with E-state index in [1.807, 2.05) is 24.4 Å². The number of rotatable bonds is 2. The van der Waals surface area contributed by atoms with E-state index >= 15 is 0 Å². The van der Waals surface area contributed by atoms with Crippen LogP contribution in [-0.2, 0) is 0 Å². The Kier molecular flexibility index (Phi) is 3.40. The first-order valence-corrected chi connectivity index (χ1v) is 6.19. The summed E-state index contributed by atoms with van der Waals surface area (Å²) in [5.41, 5.74) is 1.77. The highest BCUT2D eigenvalue weighted by atomic mass is 32.1. The number of hydrogen-bond acceptors (Lipinski definition) is 4. The Morgan fingerprint density at radius 3 is 2.89 bits per heavy atom. The molecule has 0 unspecified atom stereocenters. The second-order valence-corrected chi connectivity index (χ2v) is 4.71.